The predicted octanol–water partition coefficient (Wildman–Crippen LogP) is 1.37. The Morgan fingerprint density at radius 3 is 2.70 bits per heavy atom. The topological polar surface area (TPSA) is 85.2 Å². The monoisotopic (exact) mass is 308 g/mol. The number of nitrogens with zero attached hydrogens (tertiary/aromatic N) is 5. The molecule has 116 valence electrons. The smallest absolute Gasteiger partial charge is 0.227 e. The number of aromatic nitrogens is 2. The van der Waals surface area contributed by atoms with Gasteiger partial charge in [-0.15, -0.1) is 0 Å². The van der Waals surface area contributed by atoms with Crippen LogP contribution < -0.4 is 10.2 Å². The van der Waals surface area contributed by atoms with Crippen LogP contribution in [-0.2, 0) is 4.79 Å². The molecule has 0 saturated carbocycles. The van der Waals surface area contributed by atoms with Gasteiger partial charge >= 0.3 is 0 Å². The minimum atomic E-state index is 0.562. The number of carbonyl (C=O) groups is 1. The van der Waals surface area contributed by atoms with Gasteiger partial charge < -0.3 is 15.1 Å². The minimum Gasteiger partial charge on any atom is -0.342 e. The second-order valence-electron chi connectivity index (χ2n) is 5.15. The molecule has 1 aromatic heterocycles. The summed E-state index contributed by atoms with van der Waals surface area (Å²) in [4.78, 5) is 23.3. The molecule has 0 radical (unpaired) electrons. The van der Waals surface area contributed by atoms with Gasteiger partial charge in [0.25, 0.3) is 0 Å². The molecule has 0 spiro atoms. The van der Waals surface area contributed by atoms with Crippen LogP contribution in [0.15, 0.2) is 36.5 Å². The van der Waals surface area contributed by atoms with Crippen LogP contribution in [-0.4, -0.2) is 47.5 Å². The average molecular weight is 308 g/mol. The van der Waals surface area contributed by atoms with E-state index in [1.54, 1.807) is 23.2 Å². The highest BCUT2D eigenvalue weighted by Crippen LogP contribution is 2.20. The maximum absolute atomic E-state index is 10.8. The van der Waals surface area contributed by atoms with Crippen LogP contribution in [0.5, 0.6) is 0 Å². The van der Waals surface area contributed by atoms with Gasteiger partial charge in [0.05, 0.1) is 11.3 Å². The van der Waals surface area contributed by atoms with Crippen molar-refractivity contribution in [3.63, 3.8) is 0 Å². The number of nitriles is 1. The van der Waals surface area contributed by atoms with Gasteiger partial charge in [0.2, 0.25) is 12.4 Å². The van der Waals surface area contributed by atoms with Crippen LogP contribution in [0.1, 0.15) is 5.56 Å². The van der Waals surface area contributed by atoms with Crippen molar-refractivity contribution in [1.29, 1.82) is 5.26 Å². The van der Waals surface area contributed by atoms with Crippen LogP contribution in [0.3, 0.4) is 0 Å². The number of piperazine rings is 1. The number of hydrogen-bond acceptors (Lipinski definition) is 6. The van der Waals surface area contributed by atoms with Crippen LogP contribution in [0.4, 0.5) is 17.5 Å². The number of para-hydroxylation sites is 1. The minimum absolute atomic E-state index is 0.562. The van der Waals surface area contributed by atoms with E-state index in [9.17, 15) is 4.79 Å². The lowest BCUT2D eigenvalue weighted by atomic mass is 10.2. The Hall–Kier alpha value is -3.14. The number of anilines is 3. The summed E-state index contributed by atoms with van der Waals surface area (Å²) in [5.74, 6) is 1.26. The lowest BCUT2D eigenvalue weighted by Gasteiger charge is -2.32. The quantitative estimate of drug-likeness (QED) is 0.859. The van der Waals surface area contributed by atoms with Crippen molar-refractivity contribution < 1.29 is 4.79 Å². The second-order valence-corrected chi connectivity index (χ2v) is 5.15. The van der Waals surface area contributed by atoms with Gasteiger partial charge in [0, 0.05) is 32.4 Å². The molecule has 1 aliphatic rings. The number of amides is 1. The fourth-order valence-corrected chi connectivity index (χ4v) is 2.43. The fourth-order valence-electron chi connectivity index (χ4n) is 2.43. The van der Waals surface area contributed by atoms with E-state index < -0.39 is 0 Å². The third-order valence-corrected chi connectivity index (χ3v) is 3.70. The summed E-state index contributed by atoms with van der Waals surface area (Å²) in [6.07, 6.45) is 2.56. The van der Waals surface area contributed by atoms with Crippen molar-refractivity contribution in [3.05, 3.63) is 42.1 Å². The number of rotatable bonds is 4. The Bertz CT molecular complexity index is 733. The van der Waals surface area contributed by atoms with Crippen LogP contribution in [0.2, 0.25) is 0 Å². The summed E-state index contributed by atoms with van der Waals surface area (Å²) in [6.45, 7) is 2.75. The zero-order chi connectivity index (χ0) is 16.1. The maximum atomic E-state index is 10.8. The molecule has 0 atom stereocenters. The Labute approximate surface area is 134 Å². The van der Waals surface area contributed by atoms with Gasteiger partial charge in [0.15, 0.2) is 0 Å². The molecule has 23 heavy (non-hydrogen) atoms. The van der Waals surface area contributed by atoms with Crippen LogP contribution >= 0.6 is 0 Å². The van der Waals surface area contributed by atoms with Gasteiger partial charge in [-0.1, -0.05) is 12.1 Å². The Balaban J connectivity index is 1.75. The number of nitrogens with one attached hydrogen (secondary N) is 1. The van der Waals surface area contributed by atoms with E-state index in [0.717, 1.165) is 6.41 Å². The van der Waals surface area contributed by atoms with Gasteiger partial charge in [-0.05, 0) is 18.2 Å². The summed E-state index contributed by atoms with van der Waals surface area (Å²) in [6, 6.07) is 11.2. The number of carbonyl (C=O) groups excluding carboxylic acids is 1. The van der Waals surface area contributed by atoms with E-state index in [2.05, 4.69) is 21.4 Å². The third-order valence-electron chi connectivity index (χ3n) is 3.70. The molecule has 0 bridgehead atoms. The maximum Gasteiger partial charge on any atom is 0.227 e. The van der Waals surface area contributed by atoms with E-state index in [4.69, 9.17) is 5.26 Å². The second kappa shape index (κ2) is 6.75. The first-order valence-electron chi connectivity index (χ1n) is 7.33. The zero-order valence-corrected chi connectivity index (χ0v) is 12.5. The van der Waals surface area contributed by atoms with Crippen molar-refractivity contribution >= 4 is 23.9 Å². The Kier molecular flexibility index (Phi) is 4.34. The van der Waals surface area contributed by atoms with Gasteiger partial charge in [-0.3, -0.25) is 4.79 Å². The molecule has 1 N–H and O–H groups in total. The van der Waals surface area contributed by atoms with Crippen LogP contribution in [0.25, 0.3) is 0 Å². The number of benzene rings is 1. The van der Waals surface area contributed by atoms with E-state index >= 15 is 0 Å². The molecule has 1 amide bonds. The summed E-state index contributed by atoms with van der Waals surface area (Å²) >= 11 is 0. The van der Waals surface area contributed by atoms with Crippen molar-refractivity contribution in [3.8, 4) is 6.07 Å². The largest absolute Gasteiger partial charge is 0.342 e. The summed E-state index contributed by atoms with van der Waals surface area (Å²) in [7, 11) is 0. The molecule has 1 aliphatic heterocycles. The first-order chi connectivity index (χ1) is 11.3. The molecule has 7 heteroatoms. The van der Waals surface area contributed by atoms with E-state index in [1.165, 1.54) is 0 Å². The SMILES string of the molecule is N#Cc1ccccc1Nc1ccnc(N2CCN(C=O)CC2)n1. The Morgan fingerprint density at radius 2 is 1.96 bits per heavy atom. The molecule has 7 nitrogen and oxygen atoms in total. The standard InChI is InChI=1S/C16H16N6O/c17-11-13-3-1-2-4-14(13)19-15-5-6-18-16(20-15)22-9-7-21(12-23)8-10-22/h1-6,12H,7-10H2,(H,18,19,20). The summed E-state index contributed by atoms with van der Waals surface area (Å²) in [5, 5.41) is 12.3. The van der Waals surface area contributed by atoms with E-state index in [1.807, 2.05) is 23.1 Å². The molecule has 0 unspecified atom stereocenters. The molecule has 1 aromatic carbocycles. The zero-order valence-electron chi connectivity index (χ0n) is 12.5. The summed E-state index contributed by atoms with van der Waals surface area (Å²) < 4.78 is 0. The van der Waals surface area contributed by atoms with E-state index in [0.29, 0.717) is 49.2 Å². The van der Waals surface area contributed by atoms with E-state index in [-0.39, 0.29) is 0 Å². The first-order valence-corrected chi connectivity index (χ1v) is 7.33. The highest BCUT2D eigenvalue weighted by atomic mass is 16.1. The molecule has 3 rings (SSSR count). The summed E-state index contributed by atoms with van der Waals surface area (Å²) in [5.41, 5.74) is 1.28. The lowest BCUT2D eigenvalue weighted by molar-refractivity contribution is -0.118. The lowest BCUT2D eigenvalue weighted by Crippen LogP contribution is -2.46. The highest BCUT2D eigenvalue weighted by molar-refractivity contribution is 5.64. The van der Waals surface area contributed by atoms with Gasteiger partial charge in [-0.2, -0.15) is 10.2 Å². The van der Waals surface area contributed by atoms with Crippen molar-refractivity contribution in [2.45, 2.75) is 0 Å². The molecule has 0 aliphatic carbocycles. The first kappa shape index (κ1) is 14.8. The normalized spacial score (nSPS) is 14.2. The van der Waals surface area contributed by atoms with Gasteiger partial charge in [0.1, 0.15) is 11.9 Å². The number of hydrogen-bond donors (Lipinski definition) is 1. The van der Waals surface area contributed by atoms with Crippen molar-refractivity contribution in [2.24, 2.45) is 0 Å². The molecule has 2 heterocycles. The molecular formula is C16H16N6O. The molecule has 1 saturated heterocycles. The van der Waals surface area contributed by atoms with Crippen molar-refractivity contribution in [2.75, 3.05) is 36.4 Å². The fraction of sp³-hybridized carbons (Fsp3) is 0.250. The molecule has 1 fully saturated rings. The predicted molar refractivity (Wildman–Crippen MR) is 86.3 cm³/mol. The Morgan fingerprint density at radius 1 is 1.17 bits per heavy atom. The van der Waals surface area contributed by atoms with Gasteiger partial charge in [-0.25, -0.2) is 4.98 Å². The molecular weight excluding hydrogens is 292 g/mol. The molecule has 2 aromatic rings. The highest BCUT2D eigenvalue weighted by Gasteiger charge is 2.18. The average Bonchev–Trinajstić information content (AvgIpc) is 2.62. The third kappa shape index (κ3) is 3.37. The van der Waals surface area contributed by atoms with Crippen molar-refractivity contribution in [1.82, 2.24) is 14.9 Å². The van der Waals surface area contributed by atoms with Crippen LogP contribution in [0, 0.1) is 11.3 Å².